The van der Waals surface area contributed by atoms with Gasteiger partial charge in [-0.1, -0.05) is 29.6 Å². The molecule has 0 unspecified atom stereocenters. The molecule has 0 aliphatic heterocycles. The van der Waals surface area contributed by atoms with Gasteiger partial charge in [-0.3, -0.25) is 4.79 Å². The van der Waals surface area contributed by atoms with Gasteiger partial charge in [0.15, 0.2) is 5.82 Å². The standard InChI is InChI=1S/C12H12Cl2FNO4S/c13-7-2-3-8(9(14)10(7)15)21(19,20)16-6-12(11(17)18)4-1-5-12/h2-3,16H,1,4-6H2,(H,17,18). The minimum absolute atomic E-state index is 0.259. The minimum atomic E-state index is -4.12. The molecule has 0 saturated heterocycles. The highest BCUT2D eigenvalue weighted by Gasteiger charge is 2.45. The van der Waals surface area contributed by atoms with E-state index in [2.05, 4.69) is 4.72 Å². The van der Waals surface area contributed by atoms with E-state index in [0.29, 0.717) is 12.8 Å². The maximum Gasteiger partial charge on any atom is 0.310 e. The largest absolute Gasteiger partial charge is 0.481 e. The van der Waals surface area contributed by atoms with Gasteiger partial charge in [0.2, 0.25) is 10.0 Å². The van der Waals surface area contributed by atoms with Gasteiger partial charge in [0, 0.05) is 6.54 Å². The van der Waals surface area contributed by atoms with Crippen LogP contribution in [0, 0.1) is 11.2 Å². The molecule has 1 fully saturated rings. The molecule has 5 nitrogen and oxygen atoms in total. The molecular formula is C12H12Cl2FNO4S. The van der Waals surface area contributed by atoms with Crippen molar-refractivity contribution >= 4 is 39.2 Å². The van der Waals surface area contributed by atoms with Gasteiger partial charge in [0.25, 0.3) is 0 Å². The summed E-state index contributed by atoms with van der Waals surface area (Å²) in [7, 11) is -4.12. The zero-order valence-corrected chi connectivity index (χ0v) is 13.0. The summed E-state index contributed by atoms with van der Waals surface area (Å²) in [5.74, 6) is -2.08. The second kappa shape index (κ2) is 5.72. The SMILES string of the molecule is O=C(O)C1(CNS(=O)(=O)c2ccc(Cl)c(F)c2Cl)CCC1. The molecular weight excluding hydrogens is 344 g/mol. The van der Waals surface area contributed by atoms with Crippen LogP contribution in [0.15, 0.2) is 17.0 Å². The van der Waals surface area contributed by atoms with Crippen molar-refractivity contribution in [3.05, 3.63) is 28.0 Å². The van der Waals surface area contributed by atoms with Crippen LogP contribution in [0.5, 0.6) is 0 Å². The maximum absolute atomic E-state index is 13.6. The summed E-state index contributed by atoms with van der Waals surface area (Å²) in [6, 6.07) is 2.15. The summed E-state index contributed by atoms with van der Waals surface area (Å²) < 4.78 is 40.0. The Balaban J connectivity index is 2.24. The number of carboxylic acids is 1. The molecule has 0 amide bonds. The summed E-state index contributed by atoms with van der Waals surface area (Å²) in [5, 5.41) is 8.24. The van der Waals surface area contributed by atoms with Crippen LogP contribution >= 0.6 is 23.2 Å². The number of benzene rings is 1. The molecule has 0 atom stereocenters. The first kappa shape index (κ1) is 16.5. The first-order valence-corrected chi connectivity index (χ1v) is 8.30. The molecule has 2 rings (SSSR count). The third kappa shape index (κ3) is 3.01. The van der Waals surface area contributed by atoms with E-state index in [9.17, 15) is 17.6 Å². The number of carbonyl (C=O) groups is 1. The van der Waals surface area contributed by atoms with Crippen LogP contribution < -0.4 is 4.72 Å². The Morgan fingerprint density at radius 3 is 2.48 bits per heavy atom. The van der Waals surface area contributed by atoms with Gasteiger partial charge in [-0.15, -0.1) is 0 Å². The van der Waals surface area contributed by atoms with Crippen molar-refractivity contribution < 1.29 is 22.7 Å². The van der Waals surface area contributed by atoms with Gasteiger partial charge < -0.3 is 5.11 Å². The average molecular weight is 356 g/mol. The fourth-order valence-corrected chi connectivity index (χ4v) is 3.97. The molecule has 0 radical (unpaired) electrons. The summed E-state index contributed by atoms with van der Waals surface area (Å²) in [4.78, 5) is 10.7. The lowest BCUT2D eigenvalue weighted by molar-refractivity contribution is -0.153. The Morgan fingerprint density at radius 2 is 2.00 bits per heavy atom. The summed E-state index contributed by atoms with van der Waals surface area (Å²) in [5.41, 5.74) is -1.09. The van der Waals surface area contributed by atoms with Crippen LogP contribution in [0.25, 0.3) is 0 Å². The summed E-state index contributed by atoms with van der Waals surface area (Å²) in [6.45, 7) is -0.259. The van der Waals surface area contributed by atoms with E-state index in [4.69, 9.17) is 28.3 Å². The van der Waals surface area contributed by atoms with Crippen molar-refractivity contribution in [1.29, 1.82) is 0 Å². The quantitative estimate of drug-likeness (QED) is 0.795. The molecule has 116 valence electrons. The van der Waals surface area contributed by atoms with Crippen molar-refractivity contribution in [3.63, 3.8) is 0 Å². The highest BCUT2D eigenvalue weighted by Crippen LogP contribution is 2.41. The van der Waals surface area contributed by atoms with Crippen molar-refractivity contribution in [3.8, 4) is 0 Å². The van der Waals surface area contributed by atoms with Crippen LogP contribution in [0.1, 0.15) is 19.3 Å². The van der Waals surface area contributed by atoms with Gasteiger partial charge in [0.05, 0.1) is 15.5 Å². The lowest BCUT2D eigenvalue weighted by Gasteiger charge is -2.37. The highest BCUT2D eigenvalue weighted by atomic mass is 35.5. The third-order valence-electron chi connectivity index (χ3n) is 3.65. The number of halogens is 3. The lowest BCUT2D eigenvalue weighted by atomic mass is 9.69. The molecule has 0 heterocycles. The number of rotatable bonds is 5. The Bertz CT molecular complexity index is 689. The van der Waals surface area contributed by atoms with E-state index in [1.165, 1.54) is 0 Å². The van der Waals surface area contributed by atoms with Crippen LogP contribution in [0.3, 0.4) is 0 Å². The molecule has 21 heavy (non-hydrogen) atoms. The molecule has 1 aromatic carbocycles. The first-order valence-electron chi connectivity index (χ1n) is 6.06. The summed E-state index contributed by atoms with van der Waals surface area (Å²) in [6.07, 6.45) is 1.52. The van der Waals surface area contributed by atoms with Crippen LogP contribution in [-0.2, 0) is 14.8 Å². The molecule has 1 aliphatic carbocycles. The van der Waals surface area contributed by atoms with Gasteiger partial charge in [0.1, 0.15) is 4.90 Å². The van der Waals surface area contributed by atoms with Crippen molar-refractivity contribution in [2.75, 3.05) is 6.54 Å². The van der Waals surface area contributed by atoms with Gasteiger partial charge in [-0.25, -0.2) is 17.5 Å². The van der Waals surface area contributed by atoms with Gasteiger partial charge in [-0.05, 0) is 25.0 Å². The number of carboxylic acid groups (broad SMARTS) is 1. The highest BCUT2D eigenvalue weighted by molar-refractivity contribution is 7.89. The Kier molecular flexibility index (Phi) is 4.49. The van der Waals surface area contributed by atoms with Crippen molar-refractivity contribution in [2.45, 2.75) is 24.2 Å². The molecule has 2 N–H and O–H groups in total. The third-order valence-corrected chi connectivity index (χ3v) is 5.87. The van der Waals surface area contributed by atoms with Crippen LogP contribution in [-0.4, -0.2) is 26.0 Å². The Labute approximate surface area is 131 Å². The number of sulfonamides is 1. The van der Waals surface area contributed by atoms with E-state index < -0.39 is 37.1 Å². The van der Waals surface area contributed by atoms with E-state index in [-0.39, 0.29) is 11.6 Å². The monoisotopic (exact) mass is 355 g/mol. The molecule has 1 saturated carbocycles. The molecule has 0 aromatic heterocycles. The van der Waals surface area contributed by atoms with E-state index >= 15 is 0 Å². The predicted molar refractivity (Wildman–Crippen MR) is 75.5 cm³/mol. The zero-order valence-electron chi connectivity index (χ0n) is 10.7. The second-order valence-corrected chi connectivity index (χ2v) is 7.46. The molecule has 1 aromatic rings. The molecule has 0 spiro atoms. The minimum Gasteiger partial charge on any atom is -0.481 e. The van der Waals surface area contributed by atoms with Crippen LogP contribution in [0.2, 0.25) is 10.0 Å². The van der Waals surface area contributed by atoms with Crippen LogP contribution in [0.4, 0.5) is 4.39 Å². The van der Waals surface area contributed by atoms with Gasteiger partial charge in [-0.2, -0.15) is 0 Å². The Morgan fingerprint density at radius 1 is 1.38 bits per heavy atom. The van der Waals surface area contributed by atoms with E-state index in [1.54, 1.807) is 0 Å². The van der Waals surface area contributed by atoms with E-state index in [0.717, 1.165) is 18.6 Å². The lowest BCUT2D eigenvalue weighted by Crippen LogP contribution is -2.47. The predicted octanol–water partition coefficient (Wildman–Crippen LogP) is 2.67. The van der Waals surface area contributed by atoms with E-state index in [1.807, 2.05) is 0 Å². The second-order valence-electron chi connectivity index (χ2n) is 4.94. The molecule has 1 aliphatic rings. The van der Waals surface area contributed by atoms with Crippen molar-refractivity contribution in [2.24, 2.45) is 5.41 Å². The number of hydrogen-bond acceptors (Lipinski definition) is 3. The molecule has 0 bridgehead atoms. The summed E-state index contributed by atoms with van der Waals surface area (Å²) >= 11 is 11.2. The normalized spacial score (nSPS) is 17.3. The maximum atomic E-state index is 13.6. The van der Waals surface area contributed by atoms with Gasteiger partial charge >= 0.3 is 5.97 Å². The van der Waals surface area contributed by atoms with Crippen molar-refractivity contribution in [1.82, 2.24) is 4.72 Å². The smallest absolute Gasteiger partial charge is 0.310 e. The fourth-order valence-electron chi connectivity index (χ4n) is 2.10. The zero-order chi connectivity index (χ0) is 15.8. The average Bonchev–Trinajstić information content (AvgIpc) is 2.33. The number of nitrogens with one attached hydrogen (secondary N) is 1. The number of hydrogen-bond donors (Lipinski definition) is 2. The molecule has 9 heteroatoms. The topological polar surface area (TPSA) is 83.5 Å². The Hall–Kier alpha value is -0.890. The first-order chi connectivity index (χ1) is 9.69. The number of aliphatic carboxylic acids is 1. The fraction of sp³-hybridized carbons (Fsp3) is 0.417.